The summed E-state index contributed by atoms with van der Waals surface area (Å²) in [6, 6.07) is 8.60. The van der Waals surface area contributed by atoms with Gasteiger partial charge in [0.15, 0.2) is 11.8 Å². The number of rotatable bonds is 2. The Morgan fingerprint density at radius 1 is 1.33 bits per heavy atom. The predicted octanol–water partition coefficient (Wildman–Crippen LogP) is 0.949. The van der Waals surface area contributed by atoms with Crippen LogP contribution in [0, 0.1) is 0 Å². The topological polar surface area (TPSA) is 58.3 Å². The minimum absolute atomic E-state index is 0.626. The van der Waals surface area contributed by atoms with Crippen molar-refractivity contribution in [2.45, 2.75) is 19.5 Å². The molecule has 0 unspecified atom stereocenters. The molecule has 1 N–H and O–H groups in total. The molecule has 1 aliphatic heterocycles. The van der Waals surface area contributed by atoms with Crippen molar-refractivity contribution in [3.63, 3.8) is 0 Å². The molecule has 6 nitrogen and oxygen atoms in total. The summed E-state index contributed by atoms with van der Waals surface area (Å²) in [5.74, 6) is 1.81. The van der Waals surface area contributed by atoms with E-state index < -0.39 is 0 Å². The van der Waals surface area contributed by atoms with E-state index in [-0.39, 0.29) is 0 Å². The largest absolute Gasteiger partial charge is 0.349 e. The molecule has 0 bridgehead atoms. The highest BCUT2D eigenvalue weighted by atomic mass is 15.3. The van der Waals surface area contributed by atoms with Crippen LogP contribution in [0.3, 0.4) is 0 Å². The zero-order valence-electron chi connectivity index (χ0n) is 12.5. The van der Waals surface area contributed by atoms with Crippen molar-refractivity contribution in [2.75, 3.05) is 13.6 Å². The number of guanidine groups is 1. The Balaban J connectivity index is 1.67. The Labute approximate surface area is 124 Å². The van der Waals surface area contributed by atoms with E-state index in [1.54, 1.807) is 6.33 Å². The third-order valence-corrected chi connectivity index (χ3v) is 3.85. The molecule has 3 rings (SSSR count). The van der Waals surface area contributed by atoms with Crippen LogP contribution >= 0.6 is 0 Å². The lowest BCUT2D eigenvalue weighted by molar-refractivity contribution is 0.377. The lowest BCUT2D eigenvalue weighted by Gasteiger charge is -2.31. The number of nitrogens with zero attached hydrogens (tertiary/aromatic N) is 5. The lowest BCUT2D eigenvalue weighted by atomic mass is 10.0. The number of aryl methyl sites for hydroxylation is 1. The molecule has 6 heteroatoms. The Morgan fingerprint density at radius 2 is 2.14 bits per heavy atom. The molecule has 0 atom stereocenters. The van der Waals surface area contributed by atoms with Gasteiger partial charge in [-0.3, -0.25) is 4.99 Å². The Hall–Kier alpha value is -2.37. The first-order valence-corrected chi connectivity index (χ1v) is 7.13. The van der Waals surface area contributed by atoms with Crippen LogP contribution in [0.15, 0.2) is 35.6 Å². The average Bonchev–Trinajstić information content (AvgIpc) is 2.93. The third-order valence-electron chi connectivity index (χ3n) is 3.85. The number of aliphatic imine (C=N–C) groups is 1. The van der Waals surface area contributed by atoms with Crippen molar-refractivity contribution in [2.24, 2.45) is 12.0 Å². The second kappa shape index (κ2) is 5.95. The van der Waals surface area contributed by atoms with Crippen LogP contribution in [0.1, 0.15) is 17.0 Å². The average molecular weight is 284 g/mol. The summed E-state index contributed by atoms with van der Waals surface area (Å²) in [5, 5.41) is 11.3. The van der Waals surface area contributed by atoms with Gasteiger partial charge in [-0.25, -0.2) is 0 Å². The van der Waals surface area contributed by atoms with Gasteiger partial charge in [0.2, 0.25) is 0 Å². The molecule has 110 valence electrons. The summed E-state index contributed by atoms with van der Waals surface area (Å²) >= 11 is 0. The minimum Gasteiger partial charge on any atom is -0.349 e. The minimum atomic E-state index is 0.626. The lowest BCUT2D eigenvalue weighted by Crippen LogP contribution is -2.43. The number of fused-ring (bicyclic) bond motifs is 1. The number of benzene rings is 1. The summed E-state index contributed by atoms with van der Waals surface area (Å²) in [6.45, 7) is 2.51. The number of hydrogen-bond donors (Lipinski definition) is 1. The highest BCUT2D eigenvalue weighted by Crippen LogP contribution is 2.18. The SMILES string of the molecule is CN=C(NCc1nncn1C)N1CCc2ccccc2C1. The molecule has 1 aromatic heterocycles. The molecule has 1 aliphatic rings. The zero-order valence-corrected chi connectivity index (χ0v) is 12.5. The Bertz CT molecular complexity index is 645. The number of aromatic nitrogens is 3. The molecule has 2 aromatic rings. The molecular formula is C15H20N6. The highest BCUT2D eigenvalue weighted by molar-refractivity contribution is 5.80. The van der Waals surface area contributed by atoms with Crippen molar-refractivity contribution >= 4 is 5.96 Å². The van der Waals surface area contributed by atoms with E-state index in [1.165, 1.54) is 11.1 Å². The molecule has 21 heavy (non-hydrogen) atoms. The maximum atomic E-state index is 4.39. The van der Waals surface area contributed by atoms with Crippen molar-refractivity contribution in [1.82, 2.24) is 25.0 Å². The van der Waals surface area contributed by atoms with E-state index in [0.29, 0.717) is 6.54 Å². The van der Waals surface area contributed by atoms with Gasteiger partial charge in [0.1, 0.15) is 6.33 Å². The quantitative estimate of drug-likeness (QED) is 0.659. The smallest absolute Gasteiger partial charge is 0.194 e. The Kier molecular flexibility index (Phi) is 3.85. The van der Waals surface area contributed by atoms with Gasteiger partial charge in [0.25, 0.3) is 0 Å². The maximum absolute atomic E-state index is 4.39. The van der Waals surface area contributed by atoms with Crippen molar-refractivity contribution in [3.05, 3.63) is 47.5 Å². The first-order valence-electron chi connectivity index (χ1n) is 7.13. The fourth-order valence-electron chi connectivity index (χ4n) is 2.63. The van der Waals surface area contributed by atoms with Gasteiger partial charge in [0.05, 0.1) is 6.54 Å². The van der Waals surface area contributed by atoms with E-state index in [0.717, 1.165) is 31.3 Å². The summed E-state index contributed by atoms with van der Waals surface area (Å²) in [5.41, 5.74) is 2.82. The van der Waals surface area contributed by atoms with Gasteiger partial charge in [-0.05, 0) is 17.5 Å². The Morgan fingerprint density at radius 3 is 2.86 bits per heavy atom. The fourth-order valence-corrected chi connectivity index (χ4v) is 2.63. The molecule has 0 saturated carbocycles. The second-order valence-corrected chi connectivity index (χ2v) is 5.20. The van der Waals surface area contributed by atoms with E-state index in [2.05, 4.69) is 49.7 Å². The van der Waals surface area contributed by atoms with Crippen LogP contribution in [0.5, 0.6) is 0 Å². The molecule has 0 aliphatic carbocycles. The van der Waals surface area contributed by atoms with Crippen molar-refractivity contribution in [3.8, 4) is 0 Å². The molecule has 0 spiro atoms. The maximum Gasteiger partial charge on any atom is 0.194 e. The monoisotopic (exact) mass is 284 g/mol. The summed E-state index contributed by atoms with van der Waals surface area (Å²) in [6.07, 6.45) is 2.76. The van der Waals surface area contributed by atoms with Crippen LogP contribution in [0.25, 0.3) is 0 Å². The molecular weight excluding hydrogens is 264 g/mol. The van der Waals surface area contributed by atoms with E-state index >= 15 is 0 Å². The fraction of sp³-hybridized carbons (Fsp3) is 0.400. The first kappa shape index (κ1) is 13.6. The van der Waals surface area contributed by atoms with Gasteiger partial charge in [-0.1, -0.05) is 24.3 Å². The number of hydrogen-bond acceptors (Lipinski definition) is 3. The molecule has 2 heterocycles. The molecule has 0 radical (unpaired) electrons. The van der Waals surface area contributed by atoms with Gasteiger partial charge in [-0.15, -0.1) is 10.2 Å². The molecule has 0 fully saturated rings. The molecule has 0 amide bonds. The summed E-state index contributed by atoms with van der Waals surface area (Å²) < 4.78 is 1.91. The highest BCUT2D eigenvalue weighted by Gasteiger charge is 2.18. The van der Waals surface area contributed by atoms with Crippen LogP contribution < -0.4 is 5.32 Å². The van der Waals surface area contributed by atoms with E-state index in [1.807, 2.05) is 18.7 Å². The summed E-state index contributed by atoms with van der Waals surface area (Å²) in [7, 11) is 3.76. The van der Waals surface area contributed by atoms with E-state index in [9.17, 15) is 0 Å². The first-order chi connectivity index (χ1) is 10.3. The van der Waals surface area contributed by atoms with Crippen molar-refractivity contribution in [1.29, 1.82) is 0 Å². The number of nitrogens with one attached hydrogen (secondary N) is 1. The van der Waals surface area contributed by atoms with Crippen molar-refractivity contribution < 1.29 is 0 Å². The molecule has 1 aromatic carbocycles. The van der Waals surface area contributed by atoms with Gasteiger partial charge < -0.3 is 14.8 Å². The zero-order chi connectivity index (χ0) is 14.7. The van der Waals surface area contributed by atoms with E-state index in [4.69, 9.17) is 0 Å². The van der Waals surface area contributed by atoms with Gasteiger partial charge in [0, 0.05) is 27.2 Å². The van der Waals surface area contributed by atoms with Gasteiger partial charge >= 0.3 is 0 Å². The van der Waals surface area contributed by atoms with Crippen LogP contribution in [0.4, 0.5) is 0 Å². The van der Waals surface area contributed by atoms with Crippen LogP contribution in [-0.4, -0.2) is 39.2 Å². The normalized spacial score (nSPS) is 15.0. The second-order valence-electron chi connectivity index (χ2n) is 5.20. The standard InChI is InChI=1S/C15H20N6/c1-16-15(17-9-14-19-18-11-20(14)2)21-8-7-12-5-3-4-6-13(12)10-21/h3-6,11H,7-10H2,1-2H3,(H,16,17). The third kappa shape index (κ3) is 2.89. The summed E-state index contributed by atoms with van der Waals surface area (Å²) in [4.78, 5) is 6.66. The predicted molar refractivity (Wildman–Crippen MR) is 81.8 cm³/mol. The van der Waals surface area contributed by atoms with Crippen LogP contribution in [-0.2, 0) is 26.6 Å². The molecule has 0 saturated heterocycles. The van der Waals surface area contributed by atoms with Crippen LogP contribution in [0.2, 0.25) is 0 Å². The van der Waals surface area contributed by atoms with Gasteiger partial charge in [-0.2, -0.15) is 0 Å².